The van der Waals surface area contributed by atoms with Crippen LogP contribution in [0.4, 0.5) is 0 Å². The number of ether oxygens (including phenoxy) is 4. The lowest BCUT2D eigenvalue weighted by molar-refractivity contribution is -0.0968. The molecule has 0 aromatic heterocycles. The highest BCUT2D eigenvalue weighted by Crippen LogP contribution is 2.36. The second-order valence-electron chi connectivity index (χ2n) is 10.5. The van der Waals surface area contributed by atoms with E-state index in [9.17, 15) is 9.59 Å². The van der Waals surface area contributed by atoms with E-state index in [-0.39, 0.29) is 24.1 Å². The molecule has 0 spiro atoms. The number of hydrogen-bond donors (Lipinski definition) is 0. The van der Waals surface area contributed by atoms with Gasteiger partial charge in [0.2, 0.25) is 0 Å². The lowest BCUT2D eigenvalue weighted by Gasteiger charge is -2.47. The van der Waals surface area contributed by atoms with Gasteiger partial charge in [-0.25, -0.2) is 9.59 Å². The van der Waals surface area contributed by atoms with Crippen LogP contribution in [0.25, 0.3) is 0 Å². The van der Waals surface area contributed by atoms with Crippen molar-refractivity contribution in [2.45, 2.75) is 44.8 Å². The zero-order valence-corrected chi connectivity index (χ0v) is 20.5. The minimum absolute atomic E-state index is 0.00869. The van der Waals surface area contributed by atoms with E-state index in [0.29, 0.717) is 38.0 Å². The third-order valence-corrected chi connectivity index (χ3v) is 8.61. The van der Waals surface area contributed by atoms with E-state index >= 15 is 0 Å². The Morgan fingerprint density at radius 2 is 1.61 bits per heavy atom. The number of rotatable bonds is 3. The summed E-state index contributed by atoms with van der Waals surface area (Å²) in [4.78, 5) is 28.9. The topological polar surface area (TPSA) is 77.5 Å². The van der Waals surface area contributed by atoms with Gasteiger partial charge in [-0.2, -0.15) is 0 Å². The molecule has 2 fully saturated rings. The lowest BCUT2D eigenvalue weighted by Crippen LogP contribution is -2.59. The molecule has 8 heteroatoms. The number of piperazine rings is 1. The zero-order valence-electron chi connectivity index (χ0n) is 20.5. The highest BCUT2D eigenvalue weighted by Gasteiger charge is 2.37. The second kappa shape index (κ2) is 8.66. The summed E-state index contributed by atoms with van der Waals surface area (Å²) in [6, 6.07) is 8.24. The first-order valence-corrected chi connectivity index (χ1v) is 12.9. The van der Waals surface area contributed by atoms with Gasteiger partial charge in [-0.3, -0.25) is 9.80 Å². The smallest absolute Gasteiger partial charge is 0.338 e. The molecular formula is C28H30N2O6. The van der Waals surface area contributed by atoms with Crippen LogP contribution in [0.2, 0.25) is 0 Å². The highest BCUT2D eigenvalue weighted by atomic mass is 16.5. The molecule has 5 heterocycles. The number of carbonyl (C=O) groups excluding carboxylic acids is 2. The van der Waals surface area contributed by atoms with Gasteiger partial charge in [-0.15, -0.1) is 0 Å². The van der Waals surface area contributed by atoms with Crippen LogP contribution in [0.1, 0.15) is 66.3 Å². The Kier molecular flexibility index (Phi) is 5.39. The molecular weight excluding hydrogens is 460 g/mol. The van der Waals surface area contributed by atoms with Gasteiger partial charge >= 0.3 is 11.9 Å². The van der Waals surface area contributed by atoms with Gasteiger partial charge in [0.25, 0.3) is 0 Å². The van der Waals surface area contributed by atoms with E-state index < -0.39 is 0 Å². The Bertz CT molecular complexity index is 1260. The van der Waals surface area contributed by atoms with E-state index in [1.54, 1.807) is 0 Å². The maximum atomic E-state index is 12.0. The Morgan fingerprint density at radius 3 is 2.44 bits per heavy atom. The first-order chi connectivity index (χ1) is 17.6. The fourth-order valence-electron chi connectivity index (χ4n) is 6.58. The molecule has 188 valence electrons. The van der Waals surface area contributed by atoms with Gasteiger partial charge < -0.3 is 18.9 Å². The summed E-state index contributed by atoms with van der Waals surface area (Å²) in [6.07, 6.45) is 0.853. The molecule has 0 saturated carbocycles. The van der Waals surface area contributed by atoms with Crippen LogP contribution in [0, 0.1) is 6.92 Å². The van der Waals surface area contributed by atoms with Crippen molar-refractivity contribution in [1.29, 1.82) is 0 Å². The van der Waals surface area contributed by atoms with Gasteiger partial charge in [0, 0.05) is 49.9 Å². The number of benzene rings is 2. The minimum Gasteiger partial charge on any atom is -0.457 e. The Morgan fingerprint density at radius 1 is 0.861 bits per heavy atom. The SMILES string of the molecule is Cc1c(C2CN3CCN(CC4OCCc5c4ccc4c5COC4=O)CC3CO2)ccc2c1COC2=O. The summed E-state index contributed by atoms with van der Waals surface area (Å²) in [5, 5.41) is 0. The van der Waals surface area contributed by atoms with Crippen molar-refractivity contribution in [2.24, 2.45) is 0 Å². The quantitative estimate of drug-likeness (QED) is 0.608. The average Bonchev–Trinajstić information content (AvgIpc) is 3.47. The molecule has 5 aliphatic rings. The maximum absolute atomic E-state index is 12.0. The van der Waals surface area contributed by atoms with Crippen molar-refractivity contribution >= 4 is 11.9 Å². The molecule has 3 atom stereocenters. The van der Waals surface area contributed by atoms with Crippen molar-refractivity contribution in [1.82, 2.24) is 9.80 Å². The molecule has 2 aromatic rings. The molecule has 0 N–H and O–H groups in total. The number of carbonyl (C=O) groups is 2. The first-order valence-electron chi connectivity index (χ1n) is 12.9. The van der Waals surface area contributed by atoms with Crippen LogP contribution >= 0.6 is 0 Å². The predicted octanol–water partition coefficient (Wildman–Crippen LogP) is 2.71. The standard InChI is InChI=1S/C28H30N2O6/c1-16-18(2-4-21-23(16)14-35-27(21)31)26-12-30-8-7-29(10-17(30)13-34-26)11-25-20-3-5-22-24(15-36-28(22)32)19(20)6-9-33-25/h2-5,17,25-26H,6-15H2,1H3. The van der Waals surface area contributed by atoms with Gasteiger partial charge in [-0.1, -0.05) is 12.1 Å². The highest BCUT2D eigenvalue weighted by molar-refractivity contribution is 5.94. The Hall–Kier alpha value is -2.78. The molecule has 0 amide bonds. The monoisotopic (exact) mass is 490 g/mol. The fourth-order valence-corrected chi connectivity index (χ4v) is 6.58. The zero-order chi connectivity index (χ0) is 24.4. The van der Waals surface area contributed by atoms with Crippen LogP contribution in [0.3, 0.4) is 0 Å². The third kappa shape index (κ3) is 3.58. The summed E-state index contributed by atoms with van der Waals surface area (Å²) < 4.78 is 23.1. The van der Waals surface area contributed by atoms with E-state index in [0.717, 1.165) is 67.0 Å². The van der Waals surface area contributed by atoms with Crippen molar-refractivity contribution in [3.05, 3.63) is 68.8 Å². The average molecular weight is 491 g/mol. The molecule has 0 radical (unpaired) electrons. The van der Waals surface area contributed by atoms with Gasteiger partial charge in [0.1, 0.15) is 13.2 Å². The lowest BCUT2D eigenvalue weighted by atomic mass is 9.90. The predicted molar refractivity (Wildman–Crippen MR) is 129 cm³/mol. The number of nitrogens with zero attached hydrogens (tertiary/aromatic N) is 2. The second-order valence-corrected chi connectivity index (χ2v) is 10.5. The molecule has 0 aliphatic carbocycles. The largest absolute Gasteiger partial charge is 0.457 e. The van der Waals surface area contributed by atoms with Crippen LogP contribution in [0.5, 0.6) is 0 Å². The third-order valence-electron chi connectivity index (χ3n) is 8.61. The van der Waals surface area contributed by atoms with Crippen molar-refractivity contribution in [3.8, 4) is 0 Å². The van der Waals surface area contributed by atoms with Crippen molar-refractivity contribution < 1.29 is 28.5 Å². The molecule has 3 unspecified atom stereocenters. The van der Waals surface area contributed by atoms with Gasteiger partial charge in [0.05, 0.1) is 36.5 Å². The molecule has 2 aromatic carbocycles. The summed E-state index contributed by atoms with van der Waals surface area (Å²) in [6.45, 7) is 8.79. The normalized spacial score (nSPS) is 27.6. The summed E-state index contributed by atoms with van der Waals surface area (Å²) in [5.74, 6) is -0.435. The number of esters is 2. The number of fused-ring (bicyclic) bond motifs is 5. The first kappa shape index (κ1) is 22.4. The van der Waals surface area contributed by atoms with Gasteiger partial charge in [0.15, 0.2) is 0 Å². The Balaban J connectivity index is 1.02. The maximum Gasteiger partial charge on any atom is 0.338 e. The number of morpholine rings is 1. The van der Waals surface area contributed by atoms with Crippen LogP contribution < -0.4 is 0 Å². The molecule has 7 rings (SSSR count). The molecule has 2 saturated heterocycles. The van der Waals surface area contributed by atoms with Crippen molar-refractivity contribution in [2.75, 3.05) is 45.9 Å². The van der Waals surface area contributed by atoms with E-state index in [1.165, 1.54) is 11.1 Å². The number of cyclic esters (lactones) is 2. The summed E-state index contributed by atoms with van der Waals surface area (Å²) in [7, 11) is 0. The Labute approximate surface area is 210 Å². The van der Waals surface area contributed by atoms with E-state index in [4.69, 9.17) is 18.9 Å². The summed E-state index contributed by atoms with van der Waals surface area (Å²) >= 11 is 0. The van der Waals surface area contributed by atoms with Crippen molar-refractivity contribution in [3.63, 3.8) is 0 Å². The van der Waals surface area contributed by atoms with Crippen LogP contribution in [-0.4, -0.2) is 73.7 Å². The van der Waals surface area contributed by atoms with Crippen LogP contribution in [-0.2, 0) is 38.6 Å². The van der Waals surface area contributed by atoms with Gasteiger partial charge in [-0.05, 0) is 47.7 Å². The molecule has 36 heavy (non-hydrogen) atoms. The number of hydrogen-bond acceptors (Lipinski definition) is 8. The molecule has 5 aliphatic heterocycles. The summed E-state index contributed by atoms with van der Waals surface area (Å²) in [5.41, 5.74) is 8.19. The van der Waals surface area contributed by atoms with E-state index in [1.807, 2.05) is 18.2 Å². The minimum atomic E-state index is -0.226. The fraction of sp³-hybridized carbons (Fsp3) is 0.500. The van der Waals surface area contributed by atoms with Crippen LogP contribution in [0.15, 0.2) is 24.3 Å². The molecule has 8 nitrogen and oxygen atoms in total. The molecule has 0 bridgehead atoms. The van der Waals surface area contributed by atoms with E-state index in [2.05, 4.69) is 22.8 Å².